The number of benzene rings is 2. The first-order valence-electron chi connectivity index (χ1n) is 10.8. The van der Waals surface area contributed by atoms with E-state index in [1.54, 1.807) is 36.3 Å². The van der Waals surface area contributed by atoms with Gasteiger partial charge in [0.15, 0.2) is 0 Å². The molecule has 1 saturated heterocycles. The lowest BCUT2D eigenvalue weighted by atomic mass is 9.95. The molecular weight excluding hydrogens is 472 g/mol. The molecule has 0 saturated carbocycles. The highest BCUT2D eigenvalue weighted by molar-refractivity contribution is 9.10. The van der Waals surface area contributed by atoms with Crippen LogP contribution in [0.3, 0.4) is 0 Å². The number of aliphatic hydroxyl groups is 1. The molecule has 1 aliphatic rings. The quantitative estimate of drug-likeness (QED) is 0.309. The van der Waals surface area contributed by atoms with E-state index in [1.165, 1.54) is 0 Å². The van der Waals surface area contributed by atoms with Crippen molar-refractivity contribution in [1.82, 2.24) is 9.80 Å². The highest BCUT2D eigenvalue weighted by atomic mass is 79.9. The molecule has 1 unspecified atom stereocenters. The van der Waals surface area contributed by atoms with Gasteiger partial charge in [0.2, 0.25) is 0 Å². The Labute approximate surface area is 197 Å². The van der Waals surface area contributed by atoms with Gasteiger partial charge in [-0.1, -0.05) is 41.9 Å². The van der Waals surface area contributed by atoms with Crippen molar-refractivity contribution in [2.24, 2.45) is 0 Å². The molecule has 1 heterocycles. The number of hydrogen-bond donors (Lipinski definition) is 1. The molecule has 6 nitrogen and oxygen atoms in total. The third-order valence-electron chi connectivity index (χ3n) is 5.84. The highest BCUT2D eigenvalue weighted by Crippen LogP contribution is 2.40. The number of methoxy groups -OCH3 is 1. The summed E-state index contributed by atoms with van der Waals surface area (Å²) in [4.78, 5) is 30.0. The summed E-state index contributed by atoms with van der Waals surface area (Å²) in [5, 5.41) is 11.1. The molecule has 1 N–H and O–H groups in total. The van der Waals surface area contributed by atoms with Crippen LogP contribution in [-0.4, -0.2) is 59.9 Å². The zero-order valence-electron chi connectivity index (χ0n) is 18.7. The first kappa shape index (κ1) is 24.0. The average molecular weight is 501 g/mol. The second-order valence-corrected chi connectivity index (χ2v) is 8.57. The fourth-order valence-corrected chi connectivity index (χ4v) is 4.46. The number of Topliss-reactive ketones (excluding diaryl/α,β-unsaturated/α-hetero) is 1. The van der Waals surface area contributed by atoms with Crippen LogP contribution in [0.2, 0.25) is 0 Å². The molecule has 1 atom stereocenters. The van der Waals surface area contributed by atoms with Gasteiger partial charge in [-0.25, -0.2) is 0 Å². The minimum Gasteiger partial charge on any atom is -0.507 e. The minimum atomic E-state index is -0.661. The number of ketones is 1. The maximum atomic E-state index is 13.1. The molecule has 1 fully saturated rings. The zero-order chi connectivity index (χ0) is 23.3. The van der Waals surface area contributed by atoms with E-state index in [9.17, 15) is 14.7 Å². The number of aliphatic hydroxyl groups excluding tert-OH is 1. The van der Waals surface area contributed by atoms with Crippen LogP contribution < -0.4 is 4.74 Å². The Morgan fingerprint density at radius 3 is 2.41 bits per heavy atom. The van der Waals surface area contributed by atoms with Crippen molar-refractivity contribution >= 4 is 33.4 Å². The van der Waals surface area contributed by atoms with Crippen LogP contribution in [-0.2, 0) is 9.59 Å². The van der Waals surface area contributed by atoms with Gasteiger partial charge in [-0.2, -0.15) is 0 Å². The fourth-order valence-electron chi connectivity index (χ4n) is 4.04. The van der Waals surface area contributed by atoms with E-state index in [0.717, 1.165) is 36.1 Å². The van der Waals surface area contributed by atoms with Crippen LogP contribution in [0.1, 0.15) is 37.4 Å². The van der Waals surface area contributed by atoms with E-state index < -0.39 is 17.7 Å². The maximum absolute atomic E-state index is 13.1. The van der Waals surface area contributed by atoms with Crippen LogP contribution in [0.25, 0.3) is 5.76 Å². The lowest BCUT2D eigenvalue weighted by molar-refractivity contribution is -0.140. The SMILES string of the molecule is CCN(CC)CCCN1C(=O)C(=O)/C(=C(/O)c2ccc(OC)cc2)C1c1cccc(Br)c1. The van der Waals surface area contributed by atoms with Gasteiger partial charge in [-0.15, -0.1) is 0 Å². The van der Waals surface area contributed by atoms with E-state index in [-0.39, 0.29) is 11.3 Å². The number of hydrogen-bond acceptors (Lipinski definition) is 5. The molecule has 0 bridgehead atoms. The summed E-state index contributed by atoms with van der Waals surface area (Å²) in [7, 11) is 1.56. The van der Waals surface area contributed by atoms with Gasteiger partial charge in [-0.05, 0) is 68.0 Å². The zero-order valence-corrected chi connectivity index (χ0v) is 20.3. The minimum absolute atomic E-state index is 0.112. The van der Waals surface area contributed by atoms with Gasteiger partial charge in [0.05, 0.1) is 18.7 Å². The van der Waals surface area contributed by atoms with Crippen molar-refractivity contribution in [3.05, 3.63) is 69.7 Å². The lowest BCUT2D eigenvalue weighted by Crippen LogP contribution is -2.33. The number of likely N-dealkylation sites (tertiary alicyclic amines) is 1. The first-order chi connectivity index (χ1) is 15.4. The maximum Gasteiger partial charge on any atom is 0.295 e. The normalized spacial score (nSPS) is 17.9. The molecular formula is C25H29BrN2O4. The van der Waals surface area contributed by atoms with E-state index in [2.05, 4.69) is 34.7 Å². The summed E-state index contributed by atoms with van der Waals surface area (Å²) in [6, 6.07) is 13.6. The molecule has 7 heteroatoms. The molecule has 2 aromatic rings. The van der Waals surface area contributed by atoms with Gasteiger partial charge in [0.25, 0.3) is 11.7 Å². The molecule has 170 valence electrons. The van der Waals surface area contributed by atoms with Crippen molar-refractivity contribution in [1.29, 1.82) is 0 Å². The lowest BCUT2D eigenvalue weighted by Gasteiger charge is -2.27. The van der Waals surface area contributed by atoms with E-state index >= 15 is 0 Å². The van der Waals surface area contributed by atoms with Gasteiger partial charge in [-0.3, -0.25) is 9.59 Å². The predicted molar refractivity (Wildman–Crippen MR) is 129 cm³/mol. The van der Waals surface area contributed by atoms with Crippen LogP contribution in [0, 0.1) is 0 Å². The number of carbonyl (C=O) groups excluding carboxylic acids is 2. The predicted octanol–water partition coefficient (Wildman–Crippen LogP) is 4.61. The van der Waals surface area contributed by atoms with E-state index in [4.69, 9.17) is 4.74 Å². The summed E-state index contributed by atoms with van der Waals surface area (Å²) in [6.45, 7) is 7.33. The summed E-state index contributed by atoms with van der Waals surface area (Å²) in [5.41, 5.74) is 1.35. The number of amides is 1. The van der Waals surface area contributed by atoms with Gasteiger partial charge < -0.3 is 19.6 Å². The largest absolute Gasteiger partial charge is 0.507 e. The first-order valence-corrected chi connectivity index (χ1v) is 11.6. The third kappa shape index (κ3) is 5.05. The summed E-state index contributed by atoms with van der Waals surface area (Å²) in [6.07, 6.45) is 0.738. The number of nitrogens with zero attached hydrogens (tertiary/aromatic N) is 2. The van der Waals surface area contributed by atoms with Gasteiger partial charge in [0.1, 0.15) is 11.5 Å². The Kier molecular flexibility index (Phi) is 8.10. The van der Waals surface area contributed by atoms with Gasteiger partial charge in [0, 0.05) is 16.6 Å². The second kappa shape index (κ2) is 10.8. The van der Waals surface area contributed by atoms with Crippen molar-refractivity contribution < 1.29 is 19.4 Å². The van der Waals surface area contributed by atoms with Crippen LogP contribution in [0.4, 0.5) is 0 Å². The van der Waals surface area contributed by atoms with Crippen molar-refractivity contribution in [2.75, 3.05) is 33.3 Å². The van der Waals surface area contributed by atoms with Crippen molar-refractivity contribution in [2.45, 2.75) is 26.3 Å². The summed E-state index contributed by atoms with van der Waals surface area (Å²) < 4.78 is 6.02. The second-order valence-electron chi connectivity index (χ2n) is 7.66. The van der Waals surface area contributed by atoms with Crippen molar-refractivity contribution in [3.63, 3.8) is 0 Å². The smallest absolute Gasteiger partial charge is 0.295 e. The summed E-state index contributed by atoms with van der Waals surface area (Å²) >= 11 is 3.48. The summed E-state index contributed by atoms with van der Waals surface area (Å²) in [5.74, 6) is -0.778. The van der Waals surface area contributed by atoms with Crippen LogP contribution in [0.15, 0.2) is 58.6 Å². The Balaban J connectivity index is 2.02. The molecule has 0 spiro atoms. The van der Waals surface area contributed by atoms with Crippen molar-refractivity contribution in [3.8, 4) is 5.75 Å². The number of ether oxygens (including phenoxy) is 1. The van der Waals surface area contributed by atoms with E-state index in [0.29, 0.717) is 17.9 Å². The van der Waals surface area contributed by atoms with Crippen LogP contribution >= 0.6 is 15.9 Å². The van der Waals surface area contributed by atoms with E-state index in [1.807, 2.05) is 24.3 Å². The topological polar surface area (TPSA) is 70.1 Å². The highest BCUT2D eigenvalue weighted by Gasteiger charge is 2.45. The Hall–Kier alpha value is -2.64. The number of rotatable bonds is 9. The molecule has 3 rings (SSSR count). The number of carbonyl (C=O) groups is 2. The Bertz CT molecular complexity index is 999. The monoisotopic (exact) mass is 500 g/mol. The third-order valence-corrected chi connectivity index (χ3v) is 6.33. The number of halogens is 1. The van der Waals surface area contributed by atoms with Crippen LogP contribution in [0.5, 0.6) is 5.75 Å². The molecule has 32 heavy (non-hydrogen) atoms. The molecule has 0 aliphatic carbocycles. The Morgan fingerprint density at radius 1 is 1.12 bits per heavy atom. The molecule has 0 aromatic heterocycles. The molecule has 2 aromatic carbocycles. The average Bonchev–Trinajstić information content (AvgIpc) is 3.06. The fraction of sp³-hybridized carbons (Fsp3) is 0.360. The molecule has 1 aliphatic heterocycles. The van der Waals surface area contributed by atoms with Gasteiger partial charge >= 0.3 is 0 Å². The standard InChI is InChI=1S/C25H29BrN2O4/c1-4-27(5-2)14-7-15-28-22(18-8-6-9-19(26)16-18)21(24(30)25(28)31)23(29)17-10-12-20(32-3)13-11-17/h6,8-13,16,22,29H,4-5,7,14-15H2,1-3H3/b23-21+. The molecule has 0 radical (unpaired) electrons. The molecule has 1 amide bonds. The Morgan fingerprint density at radius 2 is 1.81 bits per heavy atom.